The fourth-order valence-electron chi connectivity index (χ4n) is 1.68. The van der Waals surface area contributed by atoms with Gasteiger partial charge in [0.2, 0.25) is 5.95 Å². The number of rotatable bonds is 5. The summed E-state index contributed by atoms with van der Waals surface area (Å²) in [5, 5.41) is 3.13. The lowest BCUT2D eigenvalue weighted by Gasteiger charge is -2.12. The van der Waals surface area contributed by atoms with Crippen LogP contribution in [0, 0.1) is 5.95 Å². The molecule has 0 radical (unpaired) electrons. The van der Waals surface area contributed by atoms with E-state index in [1.54, 1.807) is 18.2 Å². The van der Waals surface area contributed by atoms with Gasteiger partial charge in [0.05, 0.1) is 12.3 Å². The third-order valence-electron chi connectivity index (χ3n) is 2.64. The number of carbonyl (C=O) groups excluding carboxylic acids is 1. The third-order valence-corrected chi connectivity index (χ3v) is 2.88. The topological polar surface area (TPSA) is 51.2 Å². The first kappa shape index (κ1) is 15.3. The van der Waals surface area contributed by atoms with E-state index in [1.807, 2.05) is 6.92 Å². The Bertz CT molecular complexity index is 649. The van der Waals surface area contributed by atoms with Crippen molar-refractivity contribution in [2.24, 2.45) is 0 Å². The van der Waals surface area contributed by atoms with E-state index in [4.69, 9.17) is 16.3 Å². The lowest BCUT2D eigenvalue weighted by atomic mass is 10.2. The molecule has 6 heteroatoms. The molecular weight excluding hydrogens is 295 g/mol. The van der Waals surface area contributed by atoms with Gasteiger partial charge >= 0.3 is 0 Å². The molecule has 110 valence electrons. The number of amides is 1. The first-order chi connectivity index (χ1) is 10.1. The van der Waals surface area contributed by atoms with Crippen molar-refractivity contribution in [2.45, 2.75) is 13.3 Å². The van der Waals surface area contributed by atoms with Crippen LogP contribution in [0.2, 0.25) is 5.02 Å². The highest BCUT2D eigenvalue weighted by Crippen LogP contribution is 2.28. The van der Waals surface area contributed by atoms with E-state index >= 15 is 0 Å². The van der Waals surface area contributed by atoms with E-state index in [-0.39, 0.29) is 5.56 Å². The molecule has 0 unspecified atom stereocenters. The monoisotopic (exact) mass is 308 g/mol. The molecule has 1 heterocycles. The molecule has 0 saturated heterocycles. The van der Waals surface area contributed by atoms with E-state index in [2.05, 4.69) is 10.3 Å². The average Bonchev–Trinajstić information content (AvgIpc) is 2.46. The highest BCUT2D eigenvalue weighted by Gasteiger charge is 2.11. The van der Waals surface area contributed by atoms with Crippen molar-refractivity contribution in [3.05, 3.63) is 53.1 Å². The molecule has 0 bridgehead atoms. The SMILES string of the molecule is CCCOc1ccc(Cl)cc1NC(=O)c1ccnc(F)c1. The summed E-state index contributed by atoms with van der Waals surface area (Å²) in [6.07, 6.45) is 2.07. The standard InChI is InChI=1S/C15H14ClFN2O2/c1-2-7-21-13-4-3-11(16)9-12(13)19-15(20)10-5-6-18-14(17)8-10/h3-6,8-9H,2,7H2,1H3,(H,19,20). The zero-order valence-corrected chi connectivity index (χ0v) is 12.2. The molecule has 0 aliphatic heterocycles. The summed E-state index contributed by atoms with van der Waals surface area (Å²) >= 11 is 5.93. The molecule has 1 aromatic carbocycles. The first-order valence-corrected chi connectivity index (χ1v) is 6.83. The van der Waals surface area contributed by atoms with Crippen LogP contribution in [-0.4, -0.2) is 17.5 Å². The molecule has 21 heavy (non-hydrogen) atoms. The summed E-state index contributed by atoms with van der Waals surface area (Å²) in [6, 6.07) is 7.43. The summed E-state index contributed by atoms with van der Waals surface area (Å²) in [5.74, 6) is -0.653. The lowest BCUT2D eigenvalue weighted by molar-refractivity contribution is 0.102. The van der Waals surface area contributed by atoms with Crippen molar-refractivity contribution < 1.29 is 13.9 Å². The quantitative estimate of drug-likeness (QED) is 0.852. The van der Waals surface area contributed by atoms with Gasteiger partial charge in [-0.15, -0.1) is 0 Å². The number of nitrogens with zero attached hydrogens (tertiary/aromatic N) is 1. The van der Waals surface area contributed by atoms with Crippen LogP contribution in [0.1, 0.15) is 23.7 Å². The number of ether oxygens (including phenoxy) is 1. The minimum atomic E-state index is -0.712. The lowest BCUT2D eigenvalue weighted by Crippen LogP contribution is -2.13. The predicted molar refractivity (Wildman–Crippen MR) is 79.4 cm³/mol. The molecule has 0 fully saturated rings. The number of halogens is 2. The second-order valence-corrected chi connectivity index (χ2v) is 4.75. The summed E-state index contributed by atoms with van der Waals surface area (Å²) in [7, 11) is 0. The second kappa shape index (κ2) is 7.04. The molecule has 0 aliphatic rings. The summed E-state index contributed by atoms with van der Waals surface area (Å²) in [5.41, 5.74) is 0.613. The summed E-state index contributed by atoms with van der Waals surface area (Å²) in [6.45, 7) is 2.50. The van der Waals surface area contributed by atoms with Gasteiger partial charge in [-0.3, -0.25) is 4.79 Å². The zero-order chi connectivity index (χ0) is 15.2. The number of nitrogens with one attached hydrogen (secondary N) is 1. The normalized spacial score (nSPS) is 10.2. The highest BCUT2D eigenvalue weighted by atomic mass is 35.5. The molecular formula is C15H14ClFN2O2. The van der Waals surface area contributed by atoms with Crippen LogP contribution >= 0.6 is 11.6 Å². The Labute approximate surface area is 126 Å². The van der Waals surface area contributed by atoms with Crippen LogP contribution in [0.4, 0.5) is 10.1 Å². The van der Waals surface area contributed by atoms with Crippen LogP contribution in [-0.2, 0) is 0 Å². The number of hydrogen-bond donors (Lipinski definition) is 1. The average molecular weight is 309 g/mol. The zero-order valence-electron chi connectivity index (χ0n) is 11.4. The van der Waals surface area contributed by atoms with Crippen molar-refractivity contribution in [2.75, 3.05) is 11.9 Å². The van der Waals surface area contributed by atoms with Crippen molar-refractivity contribution in [3.63, 3.8) is 0 Å². The van der Waals surface area contributed by atoms with E-state index in [9.17, 15) is 9.18 Å². The van der Waals surface area contributed by atoms with Gasteiger partial charge in [0.1, 0.15) is 5.75 Å². The Balaban J connectivity index is 2.21. The number of anilines is 1. The largest absolute Gasteiger partial charge is 0.491 e. The van der Waals surface area contributed by atoms with Crippen LogP contribution in [0.25, 0.3) is 0 Å². The first-order valence-electron chi connectivity index (χ1n) is 6.45. The van der Waals surface area contributed by atoms with Gasteiger partial charge in [0, 0.05) is 22.8 Å². The van der Waals surface area contributed by atoms with Crippen molar-refractivity contribution in [3.8, 4) is 5.75 Å². The third kappa shape index (κ3) is 4.16. The Morgan fingerprint density at radius 2 is 2.19 bits per heavy atom. The molecule has 1 amide bonds. The molecule has 1 aromatic heterocycles. The smallest absolute Gasteiger partial charge is 0.255 e. The minimum absolute atomic E-state index is 0.170. The molecule has 0 aliphatic carbocycles. The number of pyridine rings is 1. The van der Waals surface area contributed by atoms with Crippen LogP contribution in [0.3, 0.4) is 0 Å². The van der Waals surface area contributed by atoms with Crippen LogP contribution in [0.15, 0.2) is 36.5 Å². The van der Waals surface area contributed by atoms with Gasteiger partial charge in [-0.1, -0.05) is 18.5 Å². The van der Waals surface area contributed by atoms with Gasteiger partial charge < -0.3 is 10.1 Å². The minimum Gasteiger partial charge on any atom is -0.491 e. The number of benzene rings is 1. The Kier molecular flexibility index (Phi) is 5.11. The van der Waals surface area contributed by atoms with Gasteiger partial charge in [0.25, 0.3) is 5.91 Å². The van der Waals surface area contributed by atoms with Gasteiger partial charge in [-0.25, -0.2) is 4.98 Å². The van der Waals surface area contributed by atoms with Gasteiger partial charge in [0.15, 0.2) is 0 Å². The Morgan fingerprint density at radius 1 is 1.38 bits per heavy atom. The molecule has 1 N–H and O–H groups in total. The Morgan fingerprint density at radius 3 is 2.90 bits per heavy atom. The van der Waals surface area contributed by atoms with E-state index in [1.165, 1.54) is 12.3 Å². The molecule has 2 rings (SSSR count). The van der Waals surface area contributed by atoms with Gasteiger partial charge in [-0.05, 0) is 30.7 Å². The predicted octanol–water partition coefficient (Wildman–Crippen LogP) is 3.92. The maximum Gasteiger partial charge on any atom is 0.255 e. The van der Waals surface area contributed by atoms with E-state index in [0.717, 1.165) is 12.5 Å². The highest BCUT2D eigenvalue weighted by molar-refractivity contribution is 6.31. The van der Waals surface area contributed by atoms with Crippen molar-refractivity contribution in [1.82, 2.24) is 4.98 Å². The van der Waals surface area contributed by atoms with E-state index < -0.39 is 11.9 Å². The van der Waals surface area contributed by atoms with Gasteiger partial charge in [-0.2, -0.15) is 4.39 Å². The maximum atomic E-state index is 13.0. The fraction of sp³-hybridized carbons (Fsp3) is 0.200. The molecule has 2 aromatic rings. The molecule has 4 nitrogen and oxygen atoms in total. The molecule has 0 atom stereocenters. The summed E-state index contributed by atoms with van der Waals surface area (Å²) < 4.78 is 18.6. The Hall–Kier alpha value is -2.14. The van der Waals surface area contributed by atoms with Crippen LogP contribution in [0.5, 0.6) is 5.75 Å². The summed E-state index contributed by atoms with van der Waals surface area (Å²) in [4.78, 5) is 15.5. The van der Waals surface area contributed by atoms with Crippen molar-refractivity contribution >= 4 is 23.2 Å². The van der Waals surface area contributed by atoms with Crippen LogP contribution < -0.4 is 10.1 Å². The second-order valence-electron chi connectivity index (χ2n) is 4.31. The number of aromatic nitrogens is 1. The maximum absolute atomic E-state index is 13.0. The number of carbonyl (C=O) groups is 1. The number of hydrogen-bond acceptors (Lipinski definition) is 3. The fourth-order valence-corrected chi connectivity index (χ4v) is 1.85. The van der Waals surface area contributed by atoms with Crippen molar-refractivity contribution in [1.29, 1.82) is 0 Å². The molecule has 0 spiro atoms. The molecule has 0 saturated carbocycles. The van der Waals surface area contributed by atoms with E-state index in [0.29, 0.717) is 23.1 Å².